The number of morpholine rings is 1. The van der Waals surface area contributed by atoms with E-state index in [1.165, 1.54) is 4.90 Å². The lowest BCUT2D eigenvalue weighted by Crippen LogP contribution is -2.51. The Morgan fingerprint density at radius 1 is 1.35 bits per heavy atom. The van der Waals surface area contributed by atoms with E-state index in [2.05, 4.69) is 5.32 Å². The molecule has 0 aliphatic carbocycles. The minimum atomic E-state index is -1.08. The van der Waals surface area contributed by atoms with Crippen LogP contribution in [-0.2, 0) is 19.1 Å². The summed E-state index contributed by atoms with van der Waals surface area (Å²) in [6.07, 6.45) is -0.654. The van der Waals surface area contributed by atoms with E-state index < -0.39 is 12.1 Å². The number of carboxylic acids is 1. The fraction of sp³-hybridized carbons (Fsp3) is 0.769. The zero-order valence-corrected chi connectivity index (χ0v) is 12.1. The van der Waals surface area contributed by atoms with Crippen LogP contribution >= 0.6 is 0 Å². The Bertz CT molecular complexity index is 389. The number of nitrogens with one attached hydrogen (secondary N) is 1. The molecule has 0 radical (unpaired) electrons. The molecule has 0 aromatic heterocycles. The number of amides is 2. The number of rotatable bonds is 4. The van der Waals surface area contributed by atoms with Crippen LogP contribution in [0, 0.1) is 5.41 Å². The molecule has 2 amide bonds. The van der Waals surface area contributed by atoms with Crippen molar-refractivity contribution < 1.29 is 24.2 Å². The van der Waals surface area contributed by atoms with Crippen LogP contribution in [0.25, 0.3) is 0 Å². The van der Waals surface area contributed by atoms with Gasteiger partial charge in [0.2, 0.25) is 11.8 Å². The van der Waals surface area contributed by atoms with Gasteiger partial charge in [-0.3, -0.25) is 9.59 Å². The second-order valence-corrected chi connectivity index (χ2v) is 6.05. The van der Waals surface area contributed by atoms with Crippen molar-refractivity contribution in [1.82, 2.24) is 10.2 Å². The quantitative estimate of drug-likeness (QED) is 0.749. The zero-order chi connectivity index (χ0) is 15.3. The first kappa shape index (κ1) is 16.4. The van der Waals surface area contributed by atoms with Crippen molar-refractivity contribution in [3.8, 4) is 0 Å². The second kappa shape index (κ2) is 6.69. The Morgan fingerprint density at radius 2 is 2.00 bits per heavy atom. The molecule has 1 aliphatic rings. The Balaban J connectivity index is 2.39. The van der Waals surface area contributed by atoms with Crippen molar-refractivity contribution in [2.45, 2.75) is 33.3 Å². The molecule has 1 unspecified atom stereocenters. The van der Waals surface area contributed by atoms with Crippen LogP contribution in [0.2, 0.25) is 0 Å². The minimum Gasteiger partial charge on any atom is -0.479 e. The maximum atomic E-state index is 11.9. The molecule has 114 valence electrons. The van der Waals surface area contributed by atoms with Gasteiger partial charge < -0.3 is 20.1 Å². The predicted octanol–water partition coefficient (Wildman–Crippen LogP) is -0.149. The molecule has 0 bridgehead atoms. The molecule has 1 heterocycles. The van der Waals surface area contributed by atoms with Crippen molar-refractivity contribution in [3.05, 3.63) is 0 Å². The molecule has 1 saturated heterocycles. The summed E-state index contributed by atoms with van der Waals surface area (Å²) in [4.78, 5) is 35.7. The first-order valence-corrected chi connectivity index (χ1v) is 6.58. The maximum Gasteiger partial charge on any atom is 0.334 e. The van der Waals surface area contributed by atoms with E-state index in [0.717, 1.165) is 0 Å². The molecule has 1 fully saturated rings. The number of carbonyl (C=O) groups excluding carboxylic acids is 2. The van der Waals surface area contributed by atoms with E-state index in [9.17, 15) is 14.4 Å². The molecule has 0 aromatic carbocycles. The van der Waals surface area contributed by atoms with Gasteiger partial charge >= 0.3 is 5.97 Å². The third kappa shape index (κ3) is 5.56. The van der Waals surface area contributed by atoms with Gasteiger partial charge in [-0.15, -0.1) is 0 Å². The third-order valence-corrected chi connectivity index (χ3v) is 2.82. The fourth-order valence-electron chi connectivity index (χ4n) is 1.86. The SMILES string of the molecule is CC(C)(C)CC(=O)NCC(=O)N1CCOC(C(=O)O)C1. The van der Waals surface area contributed by atoms with Gasteiger partial charge in [-0.25, -0.2) is 4.79 Å². The Labute approximate surface area is 118 Å². The number of aliphatic carboxylic acids is 1. The Kier molecular flexibility index (Phi) is 5.50. The smallest absolute Gasteiger partial charge is 0.334 e. The highest BCUT2D eigenvalue weighted by atomic mass is 16.5. The molecule has 1 atom stereocenters. The van der Waals surface area contributed by atoms with E-state index in [-0.39, 0.29) is 36.9 Å². The zero-order valence-electron chi connectivity index (χ0n) is 12.1. The highest BCUT2D eigenvalue weighted by Crippen LogP contribution is 2.17. The van der Waals surface area contributed by atoms with Gasteiger partial charge in [-0.1, -0.05) is 20.8 Å². The highest BCUT2D eigenvalue weighted by Gasteiger charge is 2.29. The summed E-state index contributed by atoms with van der Waals surface area (Å²) in [5.74, 6) is -1.56. The lowest BCUT2D eigenvalue weighted by Gasteiger charge is -2.31. The summed E-state index contributed by atoms with van der Waals surface area (Å²) >= 11 is 0. The van der Waals surface area contributed by atoms with Gasteiger partial charge in [0.25, 0.3) is 0 Å². The summed E-state index contributed by atoms with van der Waals surface area (Å²) in [6.45, 7) is 6.26. The maximum absolute atomic E-state index is 11.9. The van der Waals surface area contributed by atoms with Gasteiger partial charge in [0, 0.05) is 13.0 Å². The lowest BCUT2D eigenvalue weighted by atomic mass is 9.92. The van der Waals surface area contributed by atoms with E-state index in [0.29, 0.717) is 13.0 Å². The van der Waals surface area contributed by atoms with Crippen LogP contribution in [0.3, 0.4) is 0 Å². The summed E-state index contributed by atoms with van der Waals surface area (Å²) in [6, 6.07) is 0. The molecule has 7 nitrogen and oxygen atoms in total. The summed E-state index contributed by atoms with van der Waals surface area (Å²) in [7, 11) is 0. The van der Waals surface area contributed by atoms with Crippen LogP contribution in [0.4, 0.5) is 0 Å². The largest absolute Gasteiger partial charge is 0.479 e. The molecule has 0 aromatic rings. The topological polar surface area (TPSA) is 95.9 Å². The standard InChI is InChI=1S/C13H22N2O5/c1-13(2,3)6-10(16)14-7-11(17)15-4-5-20-9(8-15)12(18)19/h9H,4-8H2,1-3H3,(H,14,16)(H,18,19). The van der Waals surface area contributed by atoms with Crippen molar-refractivity contribution >= 4 is 17.8 Å². The normalized spacial score (nSPS) is 19.6. The predicted molar refractivity (Wildman–Crippen MR) is 71.0 cm³/mol. The van der Waals surface area contributed by atoms with E-state index >= 15 is 0 Å². The molecule has 0 spiro atoms. The number of nitrogens with zero attached hydrogens (tertiary/aromatic N) is 1. The fourth-order valence-corrected chi connectivity index (χ4v) is 1.86. The van der Waals surface area contributed by atoms with Crippen LogP contribution in [-0.4, -0.2) is 60.1 Å². The first-order valence-electron chi connectivity index (χ1n) is 6.58. The molecule has 1 aliphatic heterocycles. The van der Waals surface area contributed by atoms with E-state index in [1.807, 2.05) is 20.8 Å². The van der Waals surface area contributed by atoms with Crippen molar-refractivity contribution in [2.75, 3.05) is 26.2 Å². The van der Waals surface area contributed by atoms with Crippen molar-refractivity contribution in [1.29, 1.82) is 0 Å². The molecule has 0 saturated carbocycles. The molecule has 1 rings (SSSR count). The minimum absolute atomic E-state index is 0.0172. The van der Waals surface area contributed by atoms with E-state index in [4.69, 9.17) is 9.84 Å². The summed E-state index contributed by atoms with van der Waals surface area (Å²) < 4.78 is 5.03. The number of hydrogen-bond acceptors (Lipinski definition) is 4. The van der Waals surface area contributed by atoms with E-state index in [1.54, 1.807) is 0 Å². The van der Waals surface area contributed by atoms with Crippen LogP contribution in [0.1, 0.15) is 27.2 Å². The van der Waals surface area contributed by atoms with Gasteiger partial charge in [0.05, 0.1) is 19.7 Å². The highest BCUT2D eigenvalue weighted by molar-refractivity contribution is 5.85. The van der Waals surface area contributed by atoms with Gasteiger partial charge in [-0.05, 0) is 5.41 Å². The van der Waals surface area contributed by atoms with Gasteiger partial charge in [-0.2, -0.15) is 0 Å². The number of carboxylic acid groups (broad SMARTS) is 1. The monoisotopic (exact) mass is 286 g/mol. The molecular formula is C13H22N2O5. The van der Waals surface area contributed by atoms with Crippen molar-refractivity contribution in [3.63, 3.8) is 0 Å². The molecule has 7 heteroatoms. The van der Waals surface area contributed by atoms with Gasteiger partial charge in [0.1, 0.15) is 0 Å². The van der Waals surface area contributed by atoms with Gasteiger partial charge in [0.15, 0.2) is 6.10 Å². The van der Waals surface area contributed by atoms with Crippen LogP contribution < -0.4 is 5.32 Å². The number of hydrogen-bond donors (Lipinski definition) is 2. The second-order valence-electron chi connectivity index (χ2n) is 6.05. The number of ether oxygens (including phenoxy) is 1. The Hall–Kier alpha value is -1.63. The first-order chi connectivity index (χ1) is 9.19. The average Bonchev–Trinajstić information content (AvgIpc) is 2.34. The van der Waals surface area contributed by atoms with Crippen LogP contribution in [0.5, 0.6) is 0 Å². The molecule has 20 heavy (non-hydrogen) atoms. The third-order valence-electron chi connectivity index (χ3n) is 2.82. The Morgan fingerprint density at radius 3 is 2.55 bits per heavy atom. The number of carbonyl (C=O) groups is 3. The molecular weight excluding hydrogens is 264 g/mol. The lowest BCUT2D eigenvalue weighted by molar-refractivity contribution is -0.159. The molecule has 2 N–H and O–H groups in total. The van der Waals surface area contributed by atoms with Crippen molar-refractivity contribution in [2.24, 2.45) is 5.41 Å². The summed E-state index contributed by atoms with van der Waals surface area (Å²) in [5.41, 5.74) is -0.138. The summed E-state index contributed by atoms with van der Waals surface area (Å²) in [5, 5.41) is 11.4. The average molecular weight is 286 g/mol. The van der Waals surface area contributed by atoms with Crippen LogP contribution in [0.15, 0.2) is 0 Å².